The van der Waals surface area contributed by atoms with Crippen LogP contribution in [0.25, 0.3) is 0 Å². The van der Waals surface area contributed by atoms with Crippen molar-refractivity contribution in [2.75, 3.05) is 12.9 Å². The van der Waals surface area contributed by atoms with Crippen molar-refractivity contribution >= 4 is 28.8 Å². The second-order valence-electron chi connectivity index (χ2n) is 5.59. The lowest BCUT2D eigenvalue weighted by molar-refractivity contribution is -0.161. The molecule has 4 rings (SSSR count). The van der Waals surface area contributed by atoms with E-state index in [9.17, 15) is 9.59 Å². The van der Waals surface area contributed by atoms with Gasteiger partial charge in [0.15, 0.2) is 5.17 Å². The molecule has 6 nitrogen and oxygen atoms in total. The lowest BCUT2D eigenvalue weighted by atomic mass is 9.80. The number of methoxy groups -OCH3 is 1. The molecular weight excluding hydrogens is 304 g/mol. The summed E-state index contributed by atoms with van der Waals surface area (Å²) in [7, 11) is 1.34. The van der Waals surface area contributed by atoms with Crippen LogP contribution in [0.5, 0.6) is 5.75 Å². The molecule has 2 bridgehead atoms. The summed E-state index contributed by atoms with van der Waals surface area (Å²) in [6.45, 7) is 1.77. The monoisotopic (exact) mass is 318 g/mol. The van der Waals surface area contributed by atoms with Crippen LogP contribution < -0.4 is 4.74 Å². The Balaban J connectivity index is 1.97. The van der Waals surface area contributed by atoms with E-state index in [4.69, 9.17) is 9.47 Å². The maximum atomic E-state index is 12.4. The molecule has 0 radical (unpaired) electrons. The van der Waals surface area contributed by atoms with E-state index in [1.165, 1.54) is 18.9 Å². The maximum absolute atomic E-state index is 12.4. The maximum Gasteiger partial charge on any atom is 0.317 e. The summed E-state index contributed by atoms with van der Waals surface area (Å²) in [4.78, 5) is 30.9. The van der Waals surface area contributed by atoms with Gasteiger partial charge in [-0.3, -0.25) is 14.5 Å². The Labute approximate surface area is 131 Å². The summed E-state index contributed by atoms with van der Waals surface area (Å²) in [5, 5.41) is 0.618. The van der Waals surface area contributed by atoms with Crippen molar-refractivity contribution in [3.8, 4) is 5.75 Å². The second-order valence-corrected chi connectivity index (χ2v) is 6.53. The molecule has 0 saturated carbocycles. The van der Waals surface area contributed by atoms with E-state index >= 15 is 0 Å². The average Bonchev–Trinajstić information content (AvgIpc) is 2.85. The summed E-state index contributed by atoms with van der Waals surface area (Å²) in [6, 6.07) is 7.02. The molecule has 0 aromatic heterocycles. The third-order valence-corrected chi connectivity index (χ3v) is 5.23. The van der Waals surface area contributed by atoms with E-state index in [2.05, 4.69) is 4.99 Å². The fourth-order valence-corrected chi connectivity index (χ4v) is 4.35. The van der Waals surface area contributed by atoms with Crippen LogP contribution in [0.15, 0.2) is 29.3 Å². The van der Waals surface area contributed by atoms with Gasteiger partial charge in [-0.2, -0.15) is 0 Å². The molecule has 3 atom stereocenters. The lowest BCUT2D eigenvalue weighted by Crippen LogP contribution is -2.59. The van der Waals surface area contributed by atoms with Crippen LogP contribution in [0.4, 0.5) is 0 Å². The SMILES string of the molecule is COC(=O)[C@H]1[C@H]2c3ccccc3O[C@@]1(C)N=C1SCC(=O)N12. The molecule has 0 N–H and O–H groups in total. The highest BCUT2D eigenvalue weighted by atomic mass is 32.2. The van der Waals surface area contributed by atoms with E-state index in [-0.39, 0.29) is 5.91 Å². The Morgan fingerprint density at radius 1 is 1.50 bits per heavy atom. The molecule has 1 aromatic carbocycles. The molecule has 7 heteroatoms. The number of hydrogen-bond acceptors (Lipinski definition) is 6. The third-order valence-electron chi connectivity index (χ3n) is 4.30. The van der Waals surface area contributed by atoms with Gasteiger partial charge >= 0.3 is 5.97 Å². The summed E-state index contributed by atoms with van der Waals surface area (Å²) in [6.07, 6.45) is 0. The average molecular weight is 318 g/mol. The molecule has 3 aliphatic heterocycles. The Bertz CT molecular complexity index is 719. The zero-order valence-corrected chi connectivity index (χ0v) is 12.9. The molecule has 0 spiro atoms. The number of ether oxygens (including phenoxy) is 2. The van der Waals surface area contributed by atoms with E-state index in [0.29, 0.717) is 16.7 Å². The molecule has 0 aliphatic carbocycles. The quantitative estimate of drug-likeness (QED) is 0.735. The zero-order chi connectivity index (χ0) is 15.5. The van der Waals surface area contributed by atoms with Crippen molar-refractivity contribution in [3.05, 3.63) is 29.8 Å². The summed E-state index contributed by atoms with van der Waals surface area (Å²) in [5.74, 6) is -0.154. The number of esters is 1. The van der Waals surface area contributed by atoms with Crippen LogP contribution in [0, 0.1) is 5.92 Å². The summed E-state index contributed by atoms with van der Waals surface area (Å²) >= 11 is 1.38. The number of amides is 1. The first kappa shape index (κ1) is 13.6. The van der Waals surface area contributed by atoms with Gasteiger partial charge < -0.3 is 9.47 Å². The van der Waals surface area contributed by atoms with Crippen molar-refractivity contribution in [2.24, 2.45) is 10.9 Å². The number of para-hydroxylation sites is 1. The zero-order valence-electron chi connectivity index (χ0n) is 12.1. The number of rotatable bonds is 1. The normalized spacial score (nSPS) is 31.8. The Kier molecular flexibility index (Phi) is 2.78. The van der Waals surface area contributed by atoms with E-state index in [0.717, 1.165) is 5.56 Å². The van der Waals surface area contributed by atoms with Crippen LogP contribution >= 0.6 is 11.8 Å². The lowest BCUT2D eigenvalue weighted by Gasteiger charge is -2.48. The summed E-state index contributed by atoms with van der Waals surface area (Å²) < 4.78 is 11.0. The molecule has 22 heavy (non-hydrogen) atoms. The highest BCUT2D eigenvalue weighted by Crippen LogP contribution is 2.52. The number of nitrogens with zero attached hydrogens (tertiary/aromatic N) is 2. The van der Waals surface area contributed by atoms with Crippen molar-refractivity contribution in [1.29, 1.82) is 0 Å². The number of carbonyl (C=O) groups is 2. The third kappa shape index (κ3) is 1.65. The molecular formula is C15H14N2O4S. The first-order valence-corrected chi connectivity index (χ1v) is 7.94. The standard InChI is InChI=1S/C15H14N2O4S/c1-15-11(13(19)20-2)12(8-5-3-4-6-9(8)21-15)17-10(18)7-22-14(17)16-15/h3-6,11-12H,7H2,1-2H3/t11-,12-,15-/m1/s1. The summed E-state index contributed by atoms with van der Waals surface area (Å²) in [5.41, 5.74) is -0.242. The van der Waals surface area contributed by atoms with Gasteiger partial charge in [0.2, 0.25) is 11.6 Å². The van der Waals surface area contributed by atoms with Gasteiger partial charge in [-0.1, -0.05) is 30.0 Å². The smallest absolute Gasteiger partial charge is 0.317 e. The number of thioether (sulfide) groups is 1. The number of fused-ring (bicyclic) bond motifs is 6. The number of carbonyl (C=O) groups excluding carboxylic acids is 2. The van der Waals surface area contributed by atoms with Gasteiger partial charge in [0.1, 0.15) is 11.7 Å². The van der Waals surface area contributed by atoms with Gasteiger partial charge in [-0.15, -0.1) is 0 Å². The molecule has 3 heterocycles. The van der Waals surface area contributed by atoms with Gasteiger partial charge in [0.05, 0.1) is 18.9 Å². The number of aliphatic imine (C=N–C) groups is 1. The second kappa shape index (κ2) is 4.49. The van der Waals surface area contributed by atoms with E-state index in [1.807, 2.05) is 24.3 Å². The highest BCUT2D eigenvalue weighted by Gasteiger charge is 2.59. The van der Waals surface area contributed by atoms with Crippen LogP contribution in [0.3, 0.4) is 0 Å². The first-order chi connectivity index (χ1) is 10.5. The van der Waals surface area contributed by atoms with Crippen molar-refractivity contribution < 1.29 is 19.1 Å². The topological polar surface area (TPSA) is 68.2 Å². The Hall–Kier alpha value is -2.02. The van der Waals surface area contributed by atoms with Crippen molar-refractivity contribution in [3.63, 3.8) is 0 Å². The number of benzene rings is 1. The molecule has 1 fully saturated rings. The van der Waals surface area contributed by atoms with Gasteiger partial charge in [0, 0.05) is 5.56 Å². The predicted octanol–water partition coefficient (Wildman–Crippen LogP) is 1.57. The molecule has 114 valence electrons. The Morgan fingerprint density at radius 3 is 3.05 bits per heavy atom. The van der Waals surface area contributed by atoms with Crippen LogP contribution in [0.2, 0.25) is 0 Å². The molecule has 3 aliphatic rings. The van der Waals surface area contributed by atoms with Crippen molar-refractivity contribution in [2.45, 2.75) is 18.7 Å². The van der Waals surface area contributed by atoms with E-state index in [1.54, 1.807) is 11.8 Å². The largest absolute Gasteiger partial charge is 0.469 e. The molecule has 1 aromatic rings. The first-order valence-electron chi connectivity index (χ1n) is 6.95. The molecule has 1 amide bonds. The predicted molar refractivity (Wildman–Crippen MR) is 80.5 cm³/mol. The minimum absolute atomic E-state index is 0.0404. The van der Waals surface area contributed by atoms with Crippen LogP contribution in [-0.2, 0) is 14.3 Å². The van der Waals surface area contributed by atoms with E-state index < -0.39 is 23.7 Å². The van der Waals surface area contributed by atoms with Gasteiger partial charge in [0.25, 0.3) is 0 Å². The molecule has 0 unspecified atom stereocenters. The Morgan fingerprint density at radius 2 is 2.27 bits per heavy atom. The molecule has 1 saturated heterocycles. The highest BCUT2D eigenvalue weighted by molar-refractivity contribution is 8.15. The van der Waals surface area contributed by atoms with Crippen molar-refractivity contribution in [1.82, 2.24) is 4.90 Å². The fourth-order valence-electron chi connectivity index (χ4n) is 3.35. The van der Waals surface area contributed by atoms with Crippen LogP contribution in [0.1, 0.15) is 18.5 Å². The van der Waals surface area contributed by atoms with Crippen LogP contribution in [-0.4, -0.2) is 40.5 Å². The minimum Gasteiger partial charge on any atom is -0.469 e. The number of hydrogen-bond donors (Lipinski definition) is 0. The fraction of sp³-hybridized carbons (Fsp3) is 0.400. The van der Waals surface area contributed by atoms with Gasteiger partial charge in [-0.25, -0.2) is 4.99 Å². The minimum atomic E-state index is -1.06. The van der Waals surface area contributed by atoms with Gasteiger partial charge in [-0.05, 0) is 13.0 Å². The number of amidine groups is 1.